The molecule has 2 heteroatoms. The van der Waals surface area contributed by atoms with Crippen LogP contribution in [0.3, 0.4) is 0 Å². The molecule has 1 rings (SSSR count). The van der Waals surface area contributed by atoms with Crippen LogP contribution < -0.4 is 4.74 Å². The maximum Gasteiger partial charge on any atom is 0.123 e. The molecule has 0 bridgehead atoms. The van der Waals surface area contributed by atoms with Crippen molar-refractivity contribution in [3.05, 3.63) is 23.8 Å². The van der Waals surface area contributed by atoms with Crippen LogP contribution in [-0.4, -0.2) is 11.7 Å². The number of hydrogen-bond acceptors (Lipinski definition) is 2. The Kier molecular flexibility index (Phi) is 15.9. The number of phenols is 1. The first kappa shape index (κ1) is 24.9. The summed E-state index contributed by atoms with van der Waals surface area (Å²) in [5.74, 6) is 1.10. The largest absolute Gasteiger partial charge is 0.508 e. The van der Waals surface area contributed by atoms with Gasteiger partial charge < -0.3 is 9.84 Å². The summed E-state index contributed by atoms with van der Waals surface area (Å²) >= 11 is 0. The quantitative estimate of drug-likeness (QED) is 0.240. The van der Waals surface area contributed by atoms with E-state index in [0.717, 1.165) is 12.2 Å². The zero-order valence-corrected chi connectivity index (χ0v) is 18.8. The smallest absolute Gasteiger partial charge is 0.123 e. The minimum absolute atomic E-state index is 0.317. The van der Waals surface area contributed by atoms with Crippen molar-refractivity contribution in [1.29, 1.82) is 0 Å². The van der Waals surface area contributed by atoms with Gasteiger partial charge in [-0.2, -0.15) is 0 Å². The second-order valence-corrected chi connectivity index (χ2v) is 8.32. The second kappa shape index (κ2) is 17.9. The fourth-order valence-corrected chi connectivity index (χ4v) is 3.91. The minimum atomic E-state index is 0.317. The summed E-state index contributed by atoms with van der Waals surface area (Å²) in [5, 5.41) is 9.78. The maximum atomic E-state index is 9.78. The van der Waals surface area contributed by atoms with Crippen LogP contribution in [0.1, 0.15) is 122 Å². The number of benzene rings is 1. The number of hydrogen-bond donors (Lipinski definition) is 1. The predicted molar refractivity (Wildman–Crippen MR) is 123 cm³/mol. The maximum absolute atomic E-state index is 9.78. The van der Waals surface area contributed by atoms with Crippen LogP contribution in [0.2, 0.25) is 0 Å². The topological polar surface area (TPSA) is 29.5 Å². The third-order valence-corrected chi connectivity index (χ3v) is 5.58. The van der Waals surface area contributed by atoms with Crippen molar-refractivity contribution in [2.45, 2.75) is 123 Å². The Morgan fingerprint density at radius 1 is 0.607 bits per heavy atom. The predicted octanol–water partition coefficient (Wildman–Crippen LogP) is 8.59. The van der Waals surface area contributed by atoms with E-state index in [1.165, 1.54) is 108 Å². The standard InChI is InChI=1S/C26H46O2/c1-3-5-6-7-8-9-10-11-12-13-14-15-16-17-18-19-20-24-21-25(27)23-26(22-24)28-4-2/h21-23,27H,3-20H2,1-2H3. The van der Waals surface area contributed by atoms with Crippen molar-refractivity contribution in [2.75, 3.05) is 6.61 Å². The Morgan fingerprint density at radius 2 is 1.07 bits per heavy atom. The molecule has 0 aliphatic rings. The lowest BCUT2D eigenvalue weighted by molar-refractivity contribution is 0.337. The van der Waals surface area contributed by atoms with Crippen LogP contribution in [0.4, 0.5) is 0 Å². The van der Waals surface area contributed by atoms with E-state index in [4.69, 9.17) is 4.74 Å². The van der Waals surface area contributed by atoms with E-state index < -0.39 is 0 Å². The fourth-order valence-electron chi connectivity index (χ4n) is 3.91. The van der Waals surface area contributed by atoms with Gasteiger partial charge in [-0.15, -0.1) is 0 Å². The monoisotopic (exact) mass is 390 g/mol. The molecule has 1 aromatic carbocycles. The van der Waals surface area contributed by atoms with Gasteiger partial charge in [0.2, 0.25) is 0 Å². The molecular weight excluding hydrogens is 344 g/mol. The first-order valence-electron chi connectivity index (χ1n) is 12.2. The van der Waals surface area contributed by atoms with Gasteiger partial charge in [-0.1, -0.05) is 103 Å². The molecule has 1 aromatic rings. The van der Waals surface area contributed by atoms with Gasteiger partial charge in [0.25, 0.3) is 0 Å². The lowest BCUT2D eigenvalue weighted by Gasteiger charge is -2.08. The fraction of sp³-hybridized carbons (Fsp3) is 0.769. The Morgan fingerprint density at radius 3 is 1.54 bits per heavy atom. The van der Waals surface area contributed by atoms with Crippen molar-refractivity contribution >= 4 is 0 Å². The van der Waals surface area contributed by atoms with Crippen LogP contribution in [0.5, 0.6) is 11.5 Å². The van der Waals surface area contributed by atoms with Crippen LogP contribution in [0, 0.1) is 0 Å². The molecular formula is C26H46O2. The SMILES string of the molecule is CCCCCCCCCCCCCCCCCCc1cc(O)cc(OCC)c1. The van der Waals surface area contributed by atoms with Crippen molar-refractivity contribution in [1.82, 2.24) is 0 Å². The van der Waals surface area contributed by atoms with Crippen molar-refractivity contribution in [3.8, 4) is 11.5 Å². The molecule has 0 fully saturated rings. The van der Waals surface area contributed by atoms with Gasteiger partial charge in [-0.05, 0) is 37.5 Å². The van der Waals surface area contributed by atoms with E-state index in [0.29, 0.717) is 12.4 Å². The van der Waals surface area contributed by atoms with Crippen molar-refractivity contribution < 1.29 is 9.84 Å². The van der Waals surface area contributed by atoms with E-state index in [2.05, 4.69) is 13.0 Å². The molecule has 0 saturated heterocycles. The lowest BCUT2D eigenvalue weighted by atomic mass is 10.0. The summed E-state index contributed by atoms with van der Waals surface area (Å²) in [7, 11) is 0. The molecule has 0 aromatic heterocycles. The number of unbranched alkanes of at least 4 members (excludes halogenated alkanes) is 15. The highest BCUT2D eigenvalue weighted by Gasteiger charge is 2.01. The molecule has 0 heterocycles. The highest BCUT2D eigenvalue weighted by molar-refractivity contribution is 5.37. The van der Waals surface area contributed by atoms with E-state index in [1.807, 2.05) is 13.0 Å². The molecule has 1 N–H and O–H groups in total. The minimum Gasteiger partial charge on any atom is -0.508 e. The summed E-state index contributed by atoms with van der Waals surface area (Å²) in [6, 6.07) is 5.63. The molecule has 0 spiro atoms. The van der Waals surface area contributed by atoms with E-state index >= 15 is 0 Å². The van der Waals surface area contributed by atoms with Gasteiger partial charge in [0.05, 0.1) is 6.61 Å². The highest BCUT2D eigenvalue weighted by atomic mass is 16.5. The number of rotatable bonds is 19. The molecule has 28 heavy (non-hydrogen) atoms. The average Bonchev–Trinajstić information content (AvgIpc) is 2.67. The summed E-state index contributed by atoms with van der Waals surface area (Å²) in [5.41, 5.74) is 1.19. The van der Waals surface area contributed by atoms with E-state index in [9.17, 15) is 5.11 Å². The zero-order chi connectivity index (χ0) is 20.3. The number of phenolic OH excluding ortho intramolecular Hbond substituents is 1. The number of ether oxygens (including phenoxy) is 1. The molecule has 162 valence electrons. The van der Waals surface area contributed by atoms with E-state index in [-0.39, 0.29) is 0 Å². The van der Waals surface area contributed by atoms with Crippen LogP contribution in [0.25, 0.3) is 0 Å². The van der Waals surface area contributed by atoms with Gasteiger partial charge in [-0.25, -0.2) is 0 Å². The Labute approximate surface area is 175 Å². The summed E-state index contributed by atoms with van der Waals surface area (Å²) in [6.45, 7) is 4.90. The van der Waals surface area contributed by atoms with Crippen molar-refractivity contribution in [3.63, 3.8) is 0 Å². The molecule has 0 radical (unpaired) electrons. The Balaban J connectivity index is 1.87. The van der Waals surface area contributed by atoms with Crippen LogP contribution in [-0.2, 0) is 6.42 Å². The molecule has 0 amide bonds. The molecule has 0 saturated carbocycles. The summed E-state index contributed by atoms with van der Waals surface area (Å²) in [4.78, 5) is 0. The normalized spacial score (nSPS) is 11.1. The third kappa shape index (κ3) is 13.9. The third-order valence-electron chi connectivity index (χ3n) is 5.58. The van der Waals surface area contributed by atoms with Crippen LogP contribution in [0.15, 0.2) is 18.2 Å². The number of aryl methyl sites for hydroxylation is 1. The second-order valence-electron chi connectivity index (χ2n) is 8.32. The van der Waals surface area contributed by atoms with Gasteiger partial charge in [0, 0.05) is 6.07 Å². The lowest BCUT2D eigenvalue weighted by Crippen LogP contribution is -1.93. The van der Waals surface area contributed by atoms with Gasteiger partial charge >= 0.3 is 0 Å². The first-order chi connectivity index (χ1) is 13.8. The zero-order valence-electron chi connectivity index (χ0n) is 18.8. The highest BCUT2D eigenvalue weighted by Crippen LogP contribution is 2.23. The first-order valence-corrected chi connectivity index (χ1v) is 12.2. The summed E-state index contributed by atoms with van der Waals surface area (Å²) in [6.07, 6.45) is 23.4. The Bertz CT molecular complexity index is 470. The van der Waals surface area contributed by atoms with Gasteiger partial charge in [0.15, 0.2) is 0 Å². The van der Waals surface area contributed by atoms with Crippen LogP contribution >= 0.6 is 0 Å². The molecule has 0 aliphatic heterocycles. The molecule has 0 unspecified atom stereocenters. The molecule has 2 nitrogen and oxygen atoms in total. The molecule has 0 atom stereocenters. The van der Waals surface area contributed by atoms with Gasteiger partial charge in [0.1, 0.15) is 11.5 Å². The Hall–Kier alpha value is -1.18. The van der Waals surface area contributed by atoms with E-state index in [1.54, 1.807) is 6.07 Å². The van der Waals surface area contributed by atoms with Gasteiger partial charge in [-0.3, -0.25) is 0 Å². The summed E-state index contributed by atoms with van der Waals surface area (Å²) < 4.78 is 5.50. The van der Waals surface area contributed by atoms with Crippen molar-refractivity contribution in [2.24, 2.45) is 0 Å². The number of aromatic hydroxyl groups is 1. The average molecular weight is 391 g/mol. The molecule has 0 aliphatic carbocycles.